The number of hydrogen-bond acceptors (Lipinski definition) is 4. The van der Waals surface area contributed by atoms with Crippen molar-refractivity contribution in [3.63, 3.8) is 0 Å². The molecule has 0 spiro atoms. The molecule has 0 aliphatic heterocycles. The number of rotatable bonds is 5. The van der Waals surface area contributed by atoms with Gasteiger partial charge in [0.05, 0.1) is 11.2 Å². The summed E-state index contributed by atoms with van der Waals surface area (Å²) in [5.74, 6) is -1.77. The van der Waals surface area contributed by atoms with Crippen LogP contribution in [0.25, 0.3) is 0 Å². The van der Waals surface area contributed by atoms with E-state index in [0.29, 0.717) is 25.8 Å². The molecule has 1 fully saturated rings. The Bertz CT molecular complexity index is 538. The van der Waals surface area contributed by atoms with E-state index >= 15 is 0 Å². The maximum atomic E-state index is 12.4. The van der Waals surface area contributed by atoms with Gasteiger partial charge in [-0.3, -0.25) is 4.79 Å². The highest BCUT2D eigenvalue weighted by Gasteiger charge is 2.43. The zero-order chi connectivity index (χ0) is 14.0. The van der Waals surface area contributed by atoms with E-state index in [0.717, 1.165) is 4.88 Å². The van der Waals surface area contributed by atoms with E-state index in [-0.39, 0.29) is 0 Å². The summed E-state index contributed by atoms with van der Waals surface area (Å²) in [4.78, 5) is 12.1. The van der Waals surface area contributed by atoms with Crippen molar-refractivity contribution in [3.8, 4) is 0 Å². The second-order valence-corrected chi connectivity index (χ2v) is 8.09. The first-order valence-electron chi connectivity index (χ1n) is 6.13. The molecular weight excluding hydrogens is 286 g/mol. The molecule has 0 amide bonds. The SMILES string of the molecule is CN(Cc1cccs1)S(=O)(=O)C1CCCC1C(=O)O. The van der Waals surface area contributed by atoms with Crippen molar-refractivity contribution in [1.29, 1.82) is 0 Å². The van der Waals surface area contributed by atoms with Crippen LogP contribution in [0.15, 0.2) is 17.5 Å². The summed E-state index contributed by atoms with van der Waals surface area (Å²) in [6.07, 6.45) is 1.55. The molecule has 106 valence electrons. The number of aliphatic carboxylic acids is 1. The van der Waals surface area contributed by atoms with Gasteiger partial charge in [-0.05, 0) is 24.3 Å². The number of nitrogens with zero attached hydrogens (tertiary/aromatic N) is 1. The number of hydrogen-bond donors (Lipinski definition) is 1. The average molecular weight is 303 g/mol. The summed E-state index contributed by atoms with van der Waals surface area (Å²) in [5, 5.41) is 10.2. The molecule has 19 heavy (non-hydrogen) atoms. The van der Waals surface area contributed by atoms with Crippen LogP contribution in [0, 0.1) is 5.92 Å². The lowest BCUT2D eigenvalue weighted by atomic mass is 10.1. The first-order chi connectivity index (χ1) is 8.93. The van der Waals surface area contributed by atoms with E-state index in [4.69, 9.17) is 5.11 Å². The number of sulfonamides is 1. The Morgan fingerprint density at radius 1 is 1.53 bits per heavy atom. The highest BCUT2D eigenvalue weighted by molar-refractivity contribution is 7.89. The predicted molar refractivity (Wildman–Crippen MR) is 73.5 cm³/mol. The Kier molecular flexibility index (Phi) is 4.27. The maximum absolute atomic E-state index is 12.4. The molecule has 0 saturated heterocycles. The smallest absolute Gasteiger partial charge is 0.307 e. The fraction of sp³-hybridized carbons (Fsp3) is 0.583. The third kappa shape index (κ3) is 2.98. The number of carboxylic acid groups (broad SMARTS) is 1. The van der Waals surface area contributed by atoms with Crippen LogP contribution in [-0.2, 0) is 21.4 Å². The second kappa shape index (κ2) is 5.60. The van der Waals surface area contributed by atoms with Crippen LogP contribution in [0.4, 0.5) is 0 Å². The molecule has 2 atom stereocenters. The summed E-state index contributed by atoms with van der Waals surface area (Å²) < 4.78 is 26.2. The van der Waals surface area contributed by atoms with Gasteiger partial charge in [-0.25, -0.2) is 8.42 Å². The maximum Gasteiger partial charge on any atom is 0.307 e. The summed E-state index contributed by atoms with van der Waals surface area (Å²) in [6.45, 7) is 0.308. The number of thiophene rings is 1. The molecular formula is C12H17NO4S2. The quantitative estimate of drug-likeness (QED) is 0.899. The molecule has 0 aromatic carbocycles. The molecule has 1 aliphatic rings. The first kappa shape index (κ1) is 14.5. The molecule has 1 N–H and O–H groups in total. The molecule has 1 aromatic heterocycles. The van der Waals surface area contributed by atoms with E-state index in [1.54, 1.807) is 0 Å². The van der Waals surface area contributed by atoms with Crippen molar-refractivity contribution in [2.45, 2.75) is 31.1 Å². The van der Waals surface area contributed by atoms with E-state index in [1.165, 1.54) is 22.7 Å². The second-order valence-electron chi connectivity index (χ2n) is 4.79. The molecule has 0 radical (unpaired) electrons. The monoisotopic (exact) mass is 303 g/mol. The first-order valence-corrected chi connectivity index (χ1v) is 8.51. The summed E-state index contributed by atoms with van der Waals surface area (Å²) in [5.41, 5.74) is 0. The highest BCUT2D eigenvalue weighted by Crippen LogP contribution is 2.33. The molecule has 1 aliphatic carbocycles. The van der Waals surface area contributed by atoms with Crippen molar-refractivity contribution in [3.05, 3.63) is 22.4 Å². The van der Waals surface area contributed by atoms with Crippen molar-refractivity contribution in [1.82, 2.24) is 4.31 Å². The number of carbonyl (C=O) groups is 1. The molecule has 1 heterocycles. The van der Waals surface area contributed by atoms with Gasteiger partial charge in [0.25, 0.3) is 0 Å². The van der Waals surface area contributed by atoms with Gasteiger partial charge in [0.15, 0.2) is 0 Å². The Morgan fingerprint density at radius 2 is 2.26 bits per heavy atom. The molecule has 5 nitrogen and oxygen atoms in total. The Balaban J connectivity index is 2.15. The third-order valence-electron chi connectivity index (χ3n) is 3.55. The standard InChI is InChI=1S/C12H17NO4S2/c1-13(8-9-4-3-7-18-9)19(16,17)11-6-2-5-10(11)12(14)15/h3-4,7,10-11H,2,5-6,8H2,1H3,(H,14,15). The zero-order valence-corrected chi connectivity index (χ0v) is 12.3. The lowest BCUT2D eigenvalue weighted by molar-refractivity contribution is -0.141. The molecule has 1 aromatic rings. The lowest BCUT2D eigenvalue weighted by Crippen LogP contribution is -2.39. The van der Waals surface area contributed by atoms with Gasteiger partial charge < -0.3 is 5.11 Å². The van der Waals surface area contributed by atoms with Gasteiger partial charge in [-0.15, -0.1) is 11.3 Å². The Morgan fingerprint density at radius 3 is 2.84 bits per heavy atom. The van der Waals surface area contributed by atoms with Crippen LogP contribution in [-0.4, -0.2) is 36.1 Å². The fourth-order valence-corrected chi connectivity index (χ4v) is 5.26. The van der Waals surface area contributed by atoms with Gasteiger partial charge in [-0.1, -0.05) is 12.5 Å². The van der Waals surface area contributed by atoms with E-state index in [9.17, 15) is 13.2 Å². The topological polar surface area (TPSA) is 74.7 Å². The van der Waals surface area contributed by atoms with Crippen molar-refractivity contribution >= 4 is 27.3 Å². The summed E-state index contributed by atoms with van der Waals surface area (Å²) >= 11 is 1.49. The minimum atomic E-state index is -3.55. The largest absolute Gasteiger partial charge is 0.481 e. The van der Waals surface area contributed by atoms with Gasteiger partial charge in [-0.2, -0.15) is 4.31 Å². The van der Waals surface area contributed by atoms with Crippen LogP contribution >= 0.6 is 11.3 Å². The lowest BCUT2D eigenvalue weighted by Gasteiger charge is -2.23. The fourth-order valence-electron chi connectivity index (χ4n) is 2.51. The van der Waals surface area contributed by atoms with E-state index in [1.807, 2.05) is 17.5 Å². The number of carboxylic acids is 1. The molecule has 0 bridgehead atoms. The Labute approximate surface area is 116 Å². The van der Waals surface area contributed by atoms with Gasteiger partial charge in [0.2, 0.25) is 10.0 Å². The van der Waals surface area contributed by atoms with Crippen molar-refractivity contribution < 1.29 is 18.3 Å². The zero-order valence-electron chi connectivity index (χ0n) is 10.7. The minimum absolute atomic E-state index is 0.308. The van der Waals surface area contributed by atoms with Crippen LogP contribution in [0.5, 0.6) is 0 Å². The van der Waals surface area contributed by atoms with Crippen molar-refractivity contribution in [2.75, 3.05) is 7.05 Å². The molecule has 1 saturated carbocycles. The molecule has 7 heteroatoms. The predicted octanol–water partition coefficient (Wildman–Crippen LogP) is 1.76. The summed E-state index contributed by atoms with van der Waals surface area (Å²) in [6, 6.07) is 3.75. The average Bonchev–Trinajstić information content (AvgIpc) is 2.98. The van der Waals surface area contributed by atoms with Crippen LogP contribution in [0.3, 0.4) is 0 Å². The van der Waals surface area contributed by atoms with E-state index in [2.05, 4.69) is 0 Å². The van der Waals surface area contributed by atoms with Crippen molar-refractivity contribution in [2.24, 2.45) is 5.92 Å². The van der Waals surface area contributed by atoms with Gasteiger partial charge in [0, 0.05) is 18.5 Å². The summed E-state index contributed by atoms with van der Waals surface area (Å²) in [7, 11) is -2.03. The van der Waals surface area contributed by atoms with Crippen LogP contribution in [0.2, 0.25) is 0 Å². The normalized spacial score (nSPS) is 23.9. The minimum Gasteiger partial charge on any atom is -0.481 e. The van der Waals surface area contributed by atoms with Gasteiger partial charge in [0.1, 0.15) is 0 Å². The van der Waals surface area contributed by atoms with Crippen LogP contribution < -0.4 is 0 Å². The van der Waals surface area contributed by atoms with E-state index < -0.39 is 27.2 Å². The third-order valence-corrected chi connectivity index (χ3v) is 6.73. The Hall–Kier alpha value is -0.920. The van der Waals surface area contributed by atoms with Gasteiger partial charge >= 0.3 is 5.97 Å². The molecule has 2 unspecified atom stereocenters. The van der Waals surface area contributed by atoms with Crippen LogP contribution in [0.1, 0.15) is 24.1 Å². The highest BCUT2D eigenvalue weighted by atomic mass is 32.2. The molecule has 2 rings (SSSR count).